The van der Waals surface area contributed by atoms with Crippen molar-refractivity contribution in [2.45, 2.75) is 33.1 Å². The Bertz CT molecular complexity index is 307. The normalized spacial score (nSPS) is 13.1. The Labute approximate surface area is 113 Å². The summed E-state index contributed by atoms with van der Waals surface area (Å²) in [6, 6.07) is 8.54. The lowest BCUT2D eigenvalue weighted by Gasteiger charge is -2.23. The summed E-state index contributed by atoms with van der Waals surface area (Å²) in [5, 5.41) is 0. The van der Waals surface area contributed by atoms with Crippen LogP contribution in [0.15, 0.2) is 28.7 Å². The van der Waals surface area contributed by atoms with E-state index in [0.717, 1.165) is 22.7 Å². The standard InChI is InChI=1S/C14H20BrCl/c1-3-12(4-2)13(10-16)8-11-6-5-7-14(15)9-11/h5-7,9,12-13H,3-4,8,10H2,1-2H3. The number of benzene rings is 1. The minimum Gasteiger partial charge on any atom is -0.126 e. The predicted octanol–water partition coefficient (Wildman–Crippen LogP) is 5.28. The molecule has 0 radical (unpaired) electrons. The summed E-state index contributed by atoms with van der Waals surface area (Å²) >= 11 is 9.61. The predicted molar refractivity (Wildman–Crippen MR) is 76.1 cm³/mol. The summed E-state index contributed by atoms with van der Waals surface area (Å²) in [6.45, 7) is 4.52. The molecule has 0 amide bonds. The third kappa shape index (κ3) is 4.10. The number of alkyl halides is 1. The Balaban J connectivity index is 2.69. The van der Waals surface area contributed by atoms with E-state index < -0.39 is 0 Å². The SMILES string of the molecule is CCC(CC)C(CCl)Cc1cccc(Br)c1. The summed E-state index contributed by atoms with van der Waals surface area (Å²) in [6.07, 6.45) is 3.54. The molecule has 1 aromatic carbocycles. The molecule has 0 bridgehead atoms. The van der Waals surface area contributed by atoms with Crippen LogP contribution in [0.25, 0.3) is 0 Å². The molecule has 0 aliphatic carbocycles. The van der Waals surface area contributed by atoms with Gasteiger partial charge >= 0.3 is 0 Å². The van der Waals surface area contributed by atoms with E-state index >= 15 is 0 Å². The quantitative estimate of drug-likeness (QED) is 0.627. The largest absolute Gasteiger partial charge is 0.126 e. The fourth-order valence-corrected chi connectivity index (χ4v) is 3.08. The molecule has 0 aliphatic rings. The van der Waals surface area contributed by atoms with Gasteiger partial charge in [0.15, 0.2) is 0 Å². The Kier molecular flexibility index (Phi) is 6.45. The number of rotatable bonds is 6. The van der Waals surface area contributed by atoms with Crippen molar-refractivity contribution in [1.29, 1.82) is 0 Å². The van der Waals surface area contributed by atoms with Gasteiger partial charge < -0.3 is 0 Å². The molecule has 0 saturated carbocycles. The van der Waals surface area contributed by atoms with Crippen molar-refractivity contribution in [1.82, 2.24) is 0 Å². The Morgan fingerprint density at radius 3 is 2.38 bits per heavy atom. The fourth-order valence-electron chi connectivity index (χ4n) is 2.27. The smallest absolute Gasteiger partial charge is 0.0257 e. The maximum absolute atomic E-state index is 6.10. The molecule has 0 aromatic heterocycles. The molecule has 1 rings (SSSR count). The summed E-state index contributed by atoms with van der Waals surface area (Å²) < 4.78 is 1.16. The molecule has 0 fully saturated rings. The van der Waals surface area contributed by atoms with Gasteiger partial charge in [0.1, 0.15) is 0 Å². The van der Waals surface area contributed by atoms with E-state index in [1.165, 1.54) is 18.4 Å². The van der Waals surface area contributed by atoms with Crippen LogP contribution >= 0.6 is 27.5 Å². The first-order valence-electron chi connectivity index (χ1n) is 6.01. The summed E-state index contributed by atoms with van der Waals surface area (Å²) in [5.41, 5.74) is 1.38. The highest BCUT2D eigenvalue weighted by Gasteiger charge is 2.17. The summed E-state index contributed by atoms with van der Waals surface area (Å²) in [7, 11) is 0. The zero-order valence-electron chi connectivity index (χ0n) is 10.0. The average Bonchev–Trinajstić information content (AvgIpc) is 2.29. The van der Waals surface area contributed by atoms with Crippen molar-refractivity contribution in [3.05, 3.63) is 34.3 Å². The van der Waals surface area contributed by atoms with Crippen molar-refractivity contribution in [2.75, 3.05) is 5.88 Å². The Morgan fingerprint density at radius 1 is 1.19 bits per heavy atom. The van der Waals surface area contributed by atoms with Gasteiger partial charge in [-0.05, 0) is 36.0 Å². The van der Waals surface area contributed by atoms with Crippen molar-refractivity contribution in [2.24, 2.45) is 11.8 Å². The molecule has 0 N–H and O–H groups in total. The molecule has 0 aliphatic heterocycles. The van der Waals surface area contributed by atoms with E-state index in [4.69, 9.17) is 11.6 Å². The molecule has 90 valence electrons. The van der Waals surface area contributed by atoms with Crippen LogP contribution in [0.5, 0.6) is 0 Å². The number of halogens is 2. The monoisotopic (exact) mass is 302 g/mol. The maximum Gasteiger partial charge on any atom is 0.0257 e. The second-order valence-electron chi connectivity index (χ2n) is 4.33. The van der Waals surface area contributed by atoms with Gasteiger partial charge in [0.2, 0.25) is 0 Å². The highest BCUT2D eigenvalue weighted by Crippen LogP contribution is 2.25. The molecular formula is C14H20BrCl. The minimum absolute atomic E-state index is 0.603. The van der Waals surface area contributed by atoms with E-state index in [-0.39, 0.29) is 0 Å². The van der Waals surface area contributed by atoms with Crippen molar-refractivity contribution in [3.63, 3.8) is 0 Å². The van der Waals surface area contributed by atoms with Crippen molar-refractivity contribution in [3.8, 4) is 0 Å². The van der Waals surface area contributed by atoms with Gasteiger partial charge in [-0.25, -0.2) is 0 Å². The third-order valence-electron chi connectivity index (χ3n) is 3.30. The van der Waals surface area contributed by atoms with E-state index in [0.29, 0.717) is 5.92 Å². The van der Waals surface area contributed by atoms with Crippen LogP contribution < -0.4 is 0 Å². The molecule has 1 unspecified atom stereocenters. The molecule has 16 heavy (non-hydrogen) atoms. The van der Waals surface area contributed by atoms with E-state index in [9.17, 15) is 0 Å². The van der Waals surface area contributed by atoms with Crippen molar-refractivity contribution >= 4 is 27.5 Å². The van der Waals surface area contributed by atoms with E-state index in [2.05, 4.69) is 54.0 Å². The van der Waals surface area contributed by atoms with Gasteiger partial charge in [0, 0.05) is 10.4 Å². The third-order valence-corrected chi connectivity index (χ3v) is 4.19. The number of hydrogen-bond donors (Lipinski definition) is 0. The minimum atomic E-state index is 0.603. The molecule has 1 aromatic rings. The second-order valence-corrected chi connectivity index (χ2v) is 5.55. The highest BCUT2D eigenvalue weighted by atomic mass is 79.9. The molecule has 0 saturated heterocycles. The highest BCUT2D eigenvalue weighted by molar-refractivity contribution is 9.10. The van der Waals surface area contributed by atoms with Gasteiger partial charge in [0.05, 0.1) is 0 Å². The van der Waals surface area contributed by atoms with Gasteiger partial charge in [-0.15, -0.1) is 11.6 Å². The molecule has 0 heterocycles. The summed E-state index contributed by atoms with van der Waals surface area (Å²) in [4.78, 5) is 0. The lowest BCUT2D eigenvalue weighted by molar-refractivity contribution is 0.339. The Morgan fingerprint density at radius 2 is 1.88 bits per heavy atom. The van der Waals surface area contributed by atoms with Crippen LogP contribution in [0.2, 0.25) is 0 Å². The first kappa shape index (κ1) is 14.1. The lowest BCUT2D eigenvalue weighted by Crippen LogP contribution is -2.17. The topological polar surface area (TPSA) is 0 Å². The molecule has 2 heteroatoms. The van der Waals surface area contributed by atoms with Crippen molar-refractivity contribution < 1.29 is 0 Å². The van der Waals surface area contributed by atoms with Gasteiger partial charge in [0.25, 0.3) is 0 Å². The van der Waals surface area contributed by atoms with Crippen LogP contribution in [0.3, 0.4) is 0 Å². The Hall–Kier alpha value is -0.0100. The first-order chi connectivity index (χ1) is 7.71. The van der Waals surface area contributed by atoms with E-state index in [1.807, 2.05) is 0 Å². The van der Waals surface area contributed by atoms with Gasteiger partial charge in [-0.2, -0.15) is 0 Å². The molecule has 1 atom stereocenters. The van der Waals surface area contributed by atoms with Crippen LogP contribution in [0, 0.1) is 11.8 Å². The molecule has 0 spiro atoms. The zero-order chi connectivity index (χ0) is 12.0. The van der Waals surface area contributed by atoms with Gasteiger partial charge in [-0.1, -0.05) is 54.8 Å². The lowest BCUT2D eigenvalue weighted by atomic mass is 9.85. The van der Waals surface area contributed by atoms with Crippen LogP contribution in [-0.2, 0) is 6.42 Å². The molecule has 0 nitrogen and oxygen atoms in total. The average molecular weight is 304 g/mol. The van der Waals surface area contributed by atoms with Crippen LogP contribution in [0.1, 0.15) is 32.3 Å². The zero-order valence-corrected chi connectivity index (χ0v) is 12.4. The summed E-state index contributed by atoms with van der Waals surface area (Å²) in [5.74, 6) is 2.11. The fraction of sp³-hybridized carbons (Fsp3) is 0.571. The van der Waals surface area contributed by atoms with Gasteiger partial charge in [-0.3, -0.25) is 0 Å². The number of hydrogen-bond acceptors (Lipinski definition) is 0. The first-order valence-corrected chi connectivity index (χ1v) is 7.34. The molecular weight excluding hydrogens is 284 g/mol. The second kappa shape index (κ2) is 7.34. The van der Waals surface area contributed by atoms with Crippen LogP contribution in [0.4, 0.5) is 0 Å². The maximum atomic E-state index is 6.10. The van der Waals surface area contributed by atoms with Crippen LogP contribution in [-0.4, -0.2) is 5.88 Å². The van der Waals surface area contributed by atoms with E-state index in [1.54, 1.807) is 0 Å².